The zero-order valence-corrected chi connectivity index (χ0v) is 9.93. The third kappa shape index (κ3) is 1.76. The zero-order chi connectivity index (χ0) is 11.8. The summed E-state index contributed by atoms with van der Waals surface area (Å²) in [6.45, 7) is 3.05. The standard InChI is InChI=1S/C14H16N2O/c1-10-5-2-3-6-11(10)12-9-16-8-4-7-13(17)14(16)15-12/h2-3,5-6,9,13,17H,4,7-8H2,1H3/t13-/m1/s1. The summed E-state index contributed by atoms with van der Waals surface area (Å²) in [5.74, 6) is 0.814. The second kappa shape index (κ2) is 4.00. The van der Waals surface area contributed by atoms with E-state index >= 15 is 0 Å². The Balaban J connectivity index is 2.08. The van der Waals surface area contributed by atoms with Crippen molar-refractivity contribution in [3.63, 3.8) is 0 Å². The lowest BCUT2D eigenvalue weighted by atomic mass is 10.1. The number of rotatable bonds is 1. The Bertz CT molecular complexity index is 545. The fourth-order valence-electron chi connectivity index (χ4n) is 2.45. The smallest absolute Gasteiger partial charge is 0.138 e. The Morgan fingerprint density at radius 1 is 1.35 bits per heavy atom. The molecule has 1 aliphatic rings. The fourth-order valence-corrected chi connectivity index (χ4v) is 2.45. The van der Waals surface area contributed by atoms with E-state index in [0.29, 0.717) is 0 Å². The number of nitrogens with zero attached hydrogens (tertiary/aromatic N) is 2. The monoisotopic (exact) mass is 228 g/mol. The van der Waals surface area contributed by atoms with Gasteiger partial charge in [0.15, 0.2) is 0 Å². The first-order valence-corrected chi connectivity index (χ1v) is 6.07. The SMILES string of the molecule is Cc1ccccc1-c1cn2c(n1)[C@H](O)CCC2. The highest BCUT2D eigenvalue weighted by molar-refractivity contribution is 5.63. The molecule has 0 radical (unpaired) electrons. The van der Waals surface area contributed by atoms with Crippen LogP contribution in [-0.2, 0) is 6.54 Å². The predicted octanol–water partition coefficient (Wildman–Crippen LogP) is 2.69. The molecule has 0 saturated carbocycles. The van der Waals surface area contributed by atoms with E-state index < -0.39 is 6.10 Å². The first kappa shape index (κ1) is 10.5. The average molecular weight is 228 g/mol. The van der Waals surface area contributed by atoms with Gasteiger partial charge in [-0.2, -0.15) is 0 Å². The van der Waals surface area contributed by atoms with Gasteiger partial charge >= 0.3 is 0 Å². The van der Waals surface area contributed by atoms with E-state index in [0.717, 1.165) is 36.5 Å². The van der Waals surface area contributed by atoms with Crippen LogP contribution in [0.4, 0.5) is 0 Å². The summed E-state index contributed by atoms with van der Waals surface area (Å²) in [5.41, 5.74) is 3.35. The molecule has 2 aromatic rings. The highest BCUT2D eigenvalue weighted by Gasteiger charge is 2.21. The van der Waals surface area contributed by atoms with Crippen molar-refractivity contribution in [2.45, 2.75) is 32.4 Å². The summed E-state index contributed by atoms with van der Waals surface area (Å²) in [6.07, 6.45) is 3.50. The van der Waals surface area contributed by atoms with E-state index in [1.54, 1.807) is 0 Å². The minimum atomic E-state index is -0.401. The van der Waals surface area contributed by atoms with Crippen molar-refractivity contribution in [2.24, 2.45) is 0 Å². The van der Waals surface area contributed by atoms with Gasteiger partial charge in [0.25, 0.3) is 0 Å². The van der Waals surface area contributed by atoms with Crippen LogP contribution in [0.1, 0.15) is 30.3 Å². The van der Waals surface area contributed by atoms with Gasteiger partial charge in [-0.3, -0.25) is 0 Å². The van der Waals surface area contributed by atoms with Gasteiger partial charge in [-0.1, -0.05) is 24.3 Å². The van der Waals surface area contributed by atoms with Crippen molar-refractivity contribution in [1.82, 2.24) is 9.55 Å². The second-order valence-corrected chi connectivity index (χ2v) is 4.65. The molecule has 1 atom stereocenters. The number of aliphatic hydroxyl groups excluding tert-OH is 1. The topological polar surface area (TPSA) is 38.0 Å². The predicted molar refractivity (Wildman–Crippen MR) is 66.6 cm³/mol. The summed E-state index contributed by atoms with van der Waals surface area (Å²) in [7, 11) is 0. The lowest BCUT2D eigenvalue weighted by Crippen LogP contribution is -2.14. The Hall–Kier alpha value is -1.61. The lowest BCUT2D eigenvalue weighted by molar-refractivity contribution is 0.134. The van der Waals surface area contributed by atoms with E-state index in [9.17, 15) is 5.11 Å². The number of aromatic nitrogens is 2. The molecule has 3 rings (SSSR count). The molecule has 2 heterocycles. The first-order chi connectivity index (χ1) is 8.25. The van der Waals surface area contributed by atoms with Crippen LogP contribution in [0.5, 0.6) is 0 Å². The molecule has 0 aliphatic carbocycles. The molecule has 3 nitrogen and oxygen atoms in total. The van der Waals surface area contributed by atoms with Crippen molar-refractivity contribution >= 4 is 0 Å². The number of aryl methyl sites for hydroxylation is 2. The molecule has 1 N–H and O–H groups in total. The molecule has 88 valence electrons. The Morgan fingerprint density at radius 2 is 2.18 bits per heavy atom. The zero-order valence-electron chi connectivity index (χ0n) is 9.93. The van der Waals surface area contributed by atoms with Crippen molar-refractivity contribution < 1.29 is 5.11 Å². The fraction of sp³-hybridized carbons (Fsp3) is 0.357. The van der Waals surface area contributed by atoms with Gasteiger partial charge in [0.1, 0.15) is 11.9 Å². The number of imidazole rings is 1. The maximum absolute atomic E-state index is 9.91. The molecule has 0 amide bonds. The maximum atomic E-state index is 9.91. The lowest BCUT2D eigenvalue weighted by Gasteiger charge is -2.18. The van der Waals surface area contributed by atoms with Gasteiger partial charge in [-0.25, -0.2) is 4.98 Å². The number of benzene rings is 1. The van der Waals surface area contributed by atoms with Crippen LogP contribution in [0, 0.1) is 6.92 Å². The van der Waals surface area contributed by atoms with E-state index in [1.165, 1.54) is 5.56 Å². The quantitative estimate of drug-likeness (QED) is 0.815. The van der Waals surface area contributed by atoms with Crippen molar-refractivity contribution in [3.05, 3.63) is 41.9 Å². The Kier molecular flexibility index (Phi) is 2.48. The number of hydrogen-bond donors (Lipinski definition) is 1. The Labute approximate surface area is 101 Å². The molecular weight excluding hydrogens is 212 g/mol. The summed E-state index contributed by atoms with van der Waals surface area (Å²) in [5, 5.41) is 9.91. The minimum Gasteiger partial charge on any atom is -0.385 e. The normalized spacial score (nSPS) is 19.1. The van der Waals surface area contributed by atoms with Crippen LogP contribution in [0.25, 0.3) is 11.3 Å². The van der Waals surface area contributed by atoms with Crippen LogP contribution in [0.2, 0.25) is 0 Å². The largest absolute Gasteiger partial charge is 0.385 e. The van der Waals surface area contributed by atoms with Gasteiger partial charge in [-0.15, -0.1) is 0 Å². The third-order valence-electron chi connectivity index (χ3n) is 3.40. The van der Waals surface area contributed by atoms with E-state index in [1.807, 2.05) is 12.1 Å². The third-order valence-corrected chi connectivity index (χ3v) is 3.40. The van der Waals surface area contributed by atoms with Gasteiger partial charge in [0, 0.05) is 18.3 Å². The molecule has 3 heteroatoms. The van der Waals surface area contributed by atoms with Crippen LogP contribution >= 0.6 is 0 Å². The van der Waals surface area contributed by atoms with Crippen LogP contribution < -0.4 is 0 Å². The van der Waals surface area contributed by atoms with Crippen molar-refractivity contribution in [1.29, 1.82) is 0 Å². The van der Waals surface area contributed by atoms with E-state index in [2.05, 4.69) is 34.8 Å². The van der Waals surface area contributed by atoms with E-state index in [-0.39, 0.29) is 0 Å². The van der Waals surface area contributed by atoms with Crippen LogP contribution in [0.15, 0.2) is 30.5 Å². The maximum Gasteiger partial charge on any atom is 0.138 e. The van der Waals surface area contributed by atoms with Gasteiger partial charge in [0.05, 0.1) is 5.69 Å². The average Bonchev–Trinajstić information content (AvgIpc) is 2.75. The minimum absolute atomic E-state index is 0.401. The summed E-state index contributed by atoms with van der Waals surface area (Å²) < 4.78 is 2.08. The van der Waals surface area contributed by atoms with Crippen LogP contribution in [0.3, 0.4) is 0 Å². The van der Waals surface area contributed by atoms with Crippen LogP contribution in [-0.4, -0.2) is 14.7 Å². The van der Waals surface area contributed by atoms with E-state index in [4.69, 9.17) is 0 Å². The number of fused-ring (bicyclic) bond motifs is 1. The van der Waals surface area contributed by atoms with Crippen molar-refractivity contribution in [2.75, 3.05) is 0 Å². The molecule has 0 saturated heterocycles. The molecule has 0 spiro atoms. The Morgan fingerprint density at radius 3 is 2.94 bits per heavy atom. The first-order valence-electron chi connectivity index (χ1n) is 6.07. The molecule has 1 aliphatic heterocycles. The molecule has 17 heavy (non-hydrogen) atoms. The summed E-state index contributed by atoms with van der Waals surface area (Å²) in [6, 6.07) is 8.22. The van der Waals surface area contributed by atoms with Crippen molar-refractivity contribution in [3.8, 4) is 11.3 Å². The summed E-state index contributed by atoms with van der Waals surface area (Å²) >= 11 is 0. The number of aliphatic hydroxyl groups is 1. The molecule has 0 fully saturated rings. The molecular formula is C14H16N2O. The molecule has 1 aromatic heterocycles. The highest BCUT2D eigenvalue weighted by atomic mass is 16.3. The number of hydrogen-bond acceptors (Lipinski definition) is 2. The molecule has 1 aromatic carbocycles. The van der Waals surface area contributed by atoms with Gasteiger partial charge in [0.2, 0.25) is 0 Å². The molecule has 0 unspecified atom stereocenters. The van der Waals surface area contributed by atoms with Gasteiger partial charge in [-0.05, 0) is 25.3 Å². The highest BCUT2D eigenvalue weighted by Crippen LogP contribution is 2.29. The van der Waals surface area contributed by atoms with Gasteiger partial charge < -0.3 is 9.67 Å². The molecule has 0 bridgehead atoms. The summed E-state index contributed by atoms with van der Waals surface area (Å²) in [4.78, 5) is 4.58. The second-order valence-electron chi connectivity index (χ2n) is 4.65.